The molecule has 0 saturated heterocycles. The standard InChI is InChI=1S/C19H16ClN3O2S/c20-16-7-4-8-17(11-16)26(24,25)23-10-9-18-15(13-23)12-21-19(22-18)14-5-2-1-3-6-14/h1-8,11-12H,9-10,13H2. The molecular weight excluding hydrogens is 370 g/mol. The van der Waals surface area contributed by atoms with Gasteiger partial charge in [-0.2, -0.15) is 4.31 Å². The fourth-order valence-electron chi connectivity index (χ4n) is 3.00. The molecule has 0 amide bonds. The van der Waals surface area contributed by atoms with Crippen molar-refractivity contribution in [2.24, 2.45) is 0 Å². The van der Waals surface area contributed by atoms with Crippen LogP contribution >= 0.6 is 11.6 Å². The first-order chi connectivity index (χ1) is 12.5. The Morgan fingerprint density at radius 2 is 1.85 bits per heavy atom. The zero-order valence-electron chi connectivity index (χ0n) is 13.8. The van der Waals surface area contributed by atoms with Gasteiger partial charge in [0.2, 0.25) is 10.0 Å². The Morgan fingerprint density at radius 3 is 2.62 bits per heavy atom. The Hall–Kier alpha value is -2.28. The van der Waals surface area contributed by atoms with Crippen LogP contribution in [0.25, 0.3) is 11.4 Å². The minimum absolute atomic E-state index is 0.204. The zero-order valence-corrected chi connectivity index (χ0v) is 15.4. The summed E-state index contributed by atoms with van der Waals surface area (Å²) in [4.78, 5) is 9.25. The molecule has 0 unspecified atom stereocenters. The predicted octanol–water partition coefficient (Wildman–Crippen LogP) is 3.54. The van der Waals surface area contributed by atoms with Gasteiger partial charge >= 0.3 is 0 Å². The van der Waals surface area contributed by atoms with Crippen molar-refractivity contribution in [1.82, 2.24) is 14.3 Å². The summed E-state index contributed by atoms with van der Waals surface area (Å²) in [6.45, 7) is 0.645. The number of benzene rings is 2. The highest BCUT2D eigenvalue weighted by molar-refractivity contribution is 7.89. The quantitative estimate of drug-likeness (QED) is 0.691. The van der Waals surface area contributed by atoms with Crippen LogP contribution in [-0.4, -0.2) is 29.2 Å². The maximum absolute atomic E-state index is 12.9. The van der Waals surface area contributed by atoms with E-state index in [1.54, 1.807) is 24.4 Å². The summed E-state index contributed by atoms with van der Waals surface area (Å²) in [5.74, 6) is 0.662. The summed E-state index contributed by atoms with van der Waals surface area (Å²) in [6.07, 6.45) is 2.28. The Labute approximate surface area is 157 Å². The molecule has 132 valence electrons. The molecule has 2 heterocycles. The monoisotopic (exact) mass is 385 g/mol. The molecule has 0 aliphatic carbocycles. The molecule has 2 aromatic carbocycles. The van der Waals surface area contributed by atoms with Crippen molar-refractivity contribution in [2.45, 2.75) is 17.9 Å². The number of hydrogen-bond donors (Lipinski definition) is 0. The molecular formula is C19H16ClN3O2S. The molecule has 1 aliphatic rings. The molecule has 0 saturated carbocycles. The normalized spacial score (nSPS) is 14.8. The number of fused-ring (bicyclic) bond motifs is 1. The number of rotatable bonds is 3. The summed E-state index contributed by atoms with van der Waals surface area (Å²) in [5, 5.41) is 0.402. The van der Waals surface area contributed by atoms with Crippen molar-refractivity contribution >= 4 is 21.6 Å². The SMILES string of the molecule is O=S(=O)(c1cccc(Cl)c1)N1CCc2nc(-c3ccccc3)ncc2C1. The summed E-state index contributed by atoms with van der Waals surface area (Å²) in [7, 11) is -3.60. The van der Waals surface area contributed by atoms with E-state index in [0.29, 0.717) is 23.8 Å². The van der Waals surface area contributed by atoms with Crippen LogP contribution in [0.4, 0.5) is 0 Å². The maximum atomic E-state index is 12.9. The van der Waals surface area contributed by atoms with E-state index >= 15 is 0 Å². The Kier molecular flexibility index (Phi) is 4.48. The van der Waals surface area contributed by atoms with E-state index in [9.17, 15) is 8.42 Å². The van der Waals surface area contributed by atoms with E-state index in [-0.39, 0.29) is 11.4 Å². The van der Waals surface area contributed by atoms with Crippen molar-refractivity contribution in [1.29, 1.82) is 0 Å². The number of nitrogens with zero attached hydrogens (tertiary/aromatic N) is 3. The second-order valence-corrected chi connectivity index (χ2v) is 8.45. The van der Waals surface area contributed by atoms with Gasteiger partial charge in [-0.15, -0.1) is 0 Å². The molecule has 0 radical (unpaired) electrons. The van der Waals surface area contributed by atoms with Crippen molar-refractivity contribution in [3.8, 4) is 11.4 Å². The van der Waals surface area contributed by atoms with Gasteiger partial charge in [0.15, 0.2) is 5.82 Å². The number of halogens is 1. The van der Waals surface area contributed by atoms with E-state index in [2.05, 4.69) is 9.97 Å². The van der Waals surface area contributed by atoms with Crippen molar-refractivity contribution in [3.05, 3.63) is 77.1 Å². The van der Waals surface area contributed by atoms with Gasteiger partial charge in [-0.3, -0.25) is 0 Å². The van der Waals surface area contributed by atoms with Gasteiger partial charge < -0.3 is 0 Å². The lowest BCUT2D eigenvalue weighted by molar-refractivity contribution is 0.387. The van der Waals surface area contributed by atoms with E-state index in [1.807, 2.05) is 30.3 Å². The fraction of sp³-hybridized carbons (Fsp3) is 0.158. The fourth-order valence-corrected chi connectivity index (χ4v) is 4.72. The number of hydrogen-bond acceptors (Lipinski definition) is 4. The molecule has 0 bridgehead atoms. The molecule has 0 fully saturated rings. The second kappa shape index (κ2) is 6.79. The van der Waals surface area contributed by atoms with Crippen LogP contribution in [-0.2, 0) is 23.0 Å². The third-order valence-corrected chi connectivity index (χ3v) is 6.44. The average Bonchev–Trinajstić information content (AvgIpc) is 2.68. The minimum atomic E-state index is -3.60. The molecule has 3 aromatic rings. The lowest BCUT2D eigenvalue weighted by Crippen LogP contribution is -2.36. The highest BCUT2D eigenvalue weighted by Crippen LogP contribution is 2.26. The molecule has 4 rings (SSSR count). The Bertz CT molecular complexity index is 1060. The van der Waals surface area contributed by atoms with Crippen LogP contribution in [0.3, 0.4) is 0 Å². The highest BCUT2D eigenvalue weighted by atomic mass is 35.5. The maximum Gasteiger partial charge on any atom is 0.243 e. The molecule has 7 heteroatoms. The lowest BCUT2D eigenvalue weighted by Gasteiger charge is -2.27. The van der Waals surface area contributed by atoms with Gasteiger partial charge in [-0.1, -0.05) is 48.0 Å². The summed E-state index contributed by atoms with van der Waals surface area (Å²) < 4.78 is 27.2. The van der Waals surface area contributed by atoms with Gasteiger partial charge in [0, 0.05) is 41.9 Å². The zero-order chi connectivity index (χ0) is 18.1. The third-order valence-electron chi connectivity index (χ3n) is 4.36. The highest BCUT2D eigenvalue weighted by Gasteiger charge is 2.29. The van der Waals surface area contributed by atoms with Crippen molar-refractivity contribution in [3.63, 3.8) is 0 Å². The topological polar surface area (TPSA) is 63.2 Å². The third kappa shape index (κ3) is 3.23. The van der Waals surface area contributed by atoms with Crippen LogP contribution < -0.4 is 0 Å². The van der Waals surface area contributed by atoms with Gasteiger partial charge in [0.05, 0.1) is 10.6 Å². The lowest BCUT2D eigenvalue weighted by atomic mass is 10.1. The van der Waals surface area contributed by atoms with Gasteiger partial charge in [-0.05, 0) is 18.2 Å². The van der Waals surface area contributed by atoms with Crippen LogP contribution in [0.15, 0.2) is 65.7 Å². The summed E-state index contributed by atoms with van der Waals surface area (Å²) >= 11 is 5.94. The molecule has 1 aliphatic heterocycles. The van der Waals surface area contributed by atoms with Crippen LogP contribution in [0.2, 0.25) is 5.02 Å². The Balaban J connectivity index is 1.62. The summed E-state index contributed by atoms with van der Waals surface area (Å²) in [6, 6.07) is 16.1. The van der Waals surface area contributed by atoms with E-state index in [1.165, 1.54) is 10.4 Å². The molecule has 26 heavy (non-hydrogen) atoms. The number of aromatic nitrogens is 2. The first-order valence-electron chi connectivity index (χ1n) is 8.20. The van der Waals surface area contributed by atoms with Gasteiger partial charge in [0.1, 0.15) is 0 Å². The molecule has 0 atom stereocenters. The van der Waals surface area contributed by atoms with Crippen LogP contribution in [0, 0.1) is 0 Å². The van der Waals surface area contributed by atoms with E-state index < -0.39 is 10.0 Å². The first-order valence-corrected chi connectivity index (χ1v) is 10.0. The first kappa shape index (κ1) is 17.1. The number of sulfonamides is 1. The molecule has 0 spiro atoms. The van der Waals surface area contributed by atoms with Gasteiger partial charge in [0.25, 0.3) is 0 Å². The predicted molar refractivity (Wildman–Crippen MR) is 100 cm³/mol. The summed E-state index contributed by atoms with van der Waals surface area (Å²) in [5.41, 5.74) is 2.68. The van der Waals surface area contributed by atoms with Gasteiger partial charge in [-0.25, -0.2) is 18.4 Å². The second-order valence-electron chi connectivity index (χ2n) is 6.08. The van der Waals surface area contributed by atoms with E-state index in [4.69, 9.17) is 11.6 Å². The molecule has 1 aromatic heterocycles. The molecule has 5 nitrogen and oxygen atoms in total. The largest absolute Gasteiger partial charge is 0.243 e. The Morgan fingerprint density at radius 1 is 1.04 bits per heavy atom. The van der Waals surface area contributed by atoms with E-state index in [0.717, 1.165) is 16.8 Å². The van der Waals surface area contributed by atoms with Crippen LogP contribution in [0.1, 0.15) is 11.3 Å². The molecule has 0 N–H and O–H groups in total. The average molecular weight is 386 g/mol. The van der Waals surface area contributed by atoms with Crippen molar-refractivity contribution in [2.75, 3.05) is 6.54 Å². The van der Waals surface area contributed by atoms with Crippen LogP contribution in [0.5, 0.6) is 0 Å². The van der Waals surface area contributed by atoms with Crippen molar-refractivity contribution < 1.29 is 8.42 Å². The minimum Gasteiger partial charge on any atom is -0.236 e. The smallest absolute Gasteiger partial charge is 0.236 e.